The van der Waals surface area contributed by atoms with E-state index in [2.05, 4.69) is 0 Å². The van der Waals surface area contributed by atoms with Crippen LogP contribution in [0.1, 0.15) is 5.56 Å². The van der Waals surface area contributed by atoms with Crippen LogP contribution >= 0.6 is 0 Å². The number of benzene rings is 1. The Morgan fingerprint density at radius 1 is 1.14 bits per heavy atom. The van der Waals surface area contributed by atoms with E-state index < -0.39 is 10.1 Å². The zero-order valence-corrected chi connectivity index (χ0v) is 7.53. The molecule has 0 saturated carbocycles. The summed E-state index contributed by atoms with van der Waals surface area (Å²) >= 11 is 0. The molecule has 0 aliphatic carbocycles. The molecule has 0 aliphatic rings. The monoisotopic (exact) mass is 210 g/mol. The molecule has 0 unspecified atom stereocenters. The maximum atomic E-state index is 10.3. The Kier molecular flexibility index (Phi) is 7.73. The minimum atomic E-state index is -4.00. The molecule has 0 fully saturated rings. The maximum absolute atomic E-state index is 10.3. The predicted octanol–water partition coefficient (Wildman–Crippen LogP) is 0.0719. The Balaban J connectivity index is 0. The topological polar surface area (TPSA) is 85.9 Å². The van der Waals surface area contributed by atoms with Crippen molar-refractivity contribution >= 4 is 35.1 Å². The summed E-state index contributed by atoms with van der Waals surface area (Å²) in [5, 5.41) is 0.752. The van der Waals surface area contributed by atoms with Crippen LogP contribution in [0.3, 0.4) is 0 Å². The van der Waals surface area contributed by atoms with Crippen LogP contribution in [0.25, 0.3) is 6.08 Å². The van der Waals surface area contributed by atoms with E-state index >= 15 is 0 Å². The van der Waals surface area contributed by atoms with Gasteiger partial charge >= 0.3 is 18.9 Å². The number of hydrogen-bond donors (Lipinski definition) is 1. The van der Waals surface area contributed by atoms with Crippen molar-refractivity contribution < 1.29 is 18.4 Å². The van der Waals surface area contributed by atoms with Gasteiger partial charge in [-0.3, -0.25) is 4.55 Å². The molecule has 0 aromatic heterocycles. The molecule has 0 atom stereocenters. The Morgan fingerprint density at radius 3 is 2.07 bits per heavy atom. The normalized spacial score (nSPS) is 10.4. The first-order valence-corrected chi connectivity index (χ1v) is 4.79. The van der Waals surface area contributed by atoms with Crippen LogP contribution in [0.5, 0.6) is 0 Å². The molecule has 1 aromatic rings. The van der Waals surface area contributed by atoms with E-state index in [9.17, 15) is 8.42 Å². The molecule has 0 bridgehead atoms. The zero-order valence-electron chi connectivity index (χ0n) is 6.71. The zero-order chi connectivity index (χ0) is 9.03. The minimum absolute atomic E-state index is 0. The van der Waals surface area contributed by atoms with Crippen molar-refractivity contribution in [3.63, 3.8) is 0 Å². The molecule has 0 heterocycles. The van der Waals surface area contributed by atoms with Gasteiger partial charge in [0.05, 0.1) is 5.41 Å². The number of hydrogen-bond acceptors (Lipinski definition) is 2. The summed E-state index contributed by atoms with van der Waals surface area (Å²) in [6.07, 6.45) is 1.33. The third-order valence-corrected chi connectivity index (χ3v) is 1.71. The van der Waals surface area contributed by atoms with E-state index in [0.29, 0.717) is 0 Å². The Labute approximate surface area is 94.9 Å². The summed E-state index contributed by atoms with van der Waals surface area (Å²) in [4.78, 5) is 0. The summed E-state index contributed by atoms with van der Waals surface area (Å²) in [6.45, 7) is 0. The first-order chi connectivity index (χ1) is 5.58. The molecule has 1 rings (SSSR count). The van der Waals surface area contributed by atoms with Gasteiger partial charge in [-0.15, -0.1) is 0 Å². The summed E-state index contributed by atoms with van der Waals surface area (Å²) < 4.78 is 28.9. The fourth-order valence-corrected chi connectivity index (χ4v) is 1.06. The molecule has 4 nitrogen and oxygen atoms in total. The van der Waals surface area contributed by atoms with Gasteiger partial charge in [-0.05, 0) is 11.6 Å². The molecule has 6 heteroatoms. The second-order valence-electron chi connectivity index (χ2n) is 2.23. The van der Waals surface area contributed by atoms with E-state index in [1.165, 1.54) is 6.08 Å². The van der Waals surface area contributed by atoms with E-state index in [0.717, 1.165) is 11.0 Å². The van der Waals surface area contributed by atoms with Gasteiger partial charge in [0.2, 0.25) is 0 Å². The van der Waals surface area contributed by atoms with Crippen LogP contribution < -0.4 is 0 Å². The Bertz CT molecular complexity index is 372. The van der Waals surface area contributed by atoms with Crippen molar-refractivity contribution in [1.82, 2.24) is 0 Å². The predicted molar refractivity (Wildman–Crippen MR) is 57.8 cm³/mol. The molecular formula is C8H11LiO4S. The quantitative estimate of drug-likeness (QED) is 0.553. The van der Waals surface area contributed by atoms with Crippen molar-refractivity contribution in [2.75, 3.05) is 0 Å². The van der Waals surface area contributed by atoms with Crippen LogP contribution in [0.15, 0.2) is 35.7 Å². The van der Waals surface area contributed by atoms with Crippen molar-refractivity contribution in [2.24, 2.45) is 0 Å². The fraction of sp³-hybridized carbons (Fsp3) is 0. The molecule has 1 aromatic carbocycles. The SMILES string of the molecule is O.O=S(=O)(O)C=Cc1ccccc1.[LiH]. The summed E-state index contributed by atoms with van der Waals surface area (Å²) in [7, 11) is -4.00. The summed E-state index contributed by atoms with van der Waals surface area (Å²) in [6, 6.07) is 8.86. The molecule has 0 aliphatic heterocycles. The summed E-state index contributed by atoms with van der Waals surface area (Å²) in [5.41, 5.74) is 0.732. The Morgan fingerprint density at radius 2 is 1.64 bits per heavy atom. The van der Waals surface area contributed by atoms with Gasteiger partial charge < -0.3 is 5.48 Å². The van der Waals surface area contributed by atoms with Crippen LogP contribution in [-0.2, 0) is 10.1 Å². The molecule has 0 radical (unpaired) electrons. The molecule has 0 saturated heterocycles. The van der Waals surface area contributed by atoms with Crippen molar-refractivity contribution in [2.45, 2.75) is 0 Å². The molecular weight excluding hydrogens is 199 g/mol. The third-order valence-electron chi connectivity index (χ3n) is 1.23. The standard InChI is InChI=1S/C8H8O3S.Li.H2O.H/c9-12(10,11)7-6-8-4-2-1-3-5-8;;;/h1-7H,(H,9,10,11);;1H2;. The first kappa shape index (κ1) is 15.9. The van der Waals surface area contributed by atoms with Crippen molar-refractivity contribution in [3.05, 3.63) is 41.3 Å². The van der Waals surface area contributed by atoms with E-state index in [4.69, 9.17) is 4.55 Å². The summed E-state index contributed by atoms with van der Waals surface area (Å²) in [5.74, 6) is 0. The van der Waals surface area contributed by atoms with Gasteiger partial charge in [0.25, 0.3) is 10.1 Å². The average molecular weight is 210 g/mol. The van der Waals surface area contributed by atoms with Gasteiger partial charge in [-0.25, -0.2) is 0 Å². The molecule has 0 spiro atoms. The molecule has 3 N–H and O–H groups in total. The van der Waals surface area contributed by atoms with Crippen LogP contribution in [0.4, 0.5) is 0 Å². The van der Waals surface area contributed by atoms with Gasteiger partial charge in [0.15, 0.2) is 0 Å². The van der Waals surface area contributed by atoms with E-state index in [-0.39, 0.29) is 24.3 Å². The van der Waals surface area contributed by atoms with Gasteiger partial charge in [0.1, 0.15) is 0 Å². The van der Waals surface area contributed by atoms with Crippen molar-refractivity contribution in [1.29, 1.82) is 0 Å². The van der Waals surface area contributed by atoms with Gasteiger partial charge in [0, 0.05) is 0 Å². The second kappa shape index (κ2) is 6.82. The molecule has 0 amide bonds. The van der Waals surface area contributed by atoms with E-state index in [1.807, 2.05) is 6.07 Å². The average Bonchev–Trinajstić information content (AvgIpc) is 2.02. The van der Waals surface area contributed by atoms with Crippen LogP contribution in [0.2, 0.25) is 0 Å². The third kappa shape index (κ3) is 6.89. The molecule has 74 valence electrons. The van der Waals surface area contributed by atoms with Crippen LogP contribution in [0, 0.1) is 0 Å². The van der Waals surface area contributed by atoms with E-state index in [1.54, 1.807) is 24.3 Å². The van der Waals surface area contributed by atoms with Gasteiger partial charge in [-0.2, -0.15) is 8.42 Å². The fourth-order valence-electron chi connectivity index (χ4n) is 0.729. The first-order valence-electron chi connectivity index (χ1n) is 3.28. The number of rotatable bonds is 2. The Hall–Kier alpha value is -0.573. The van der Waals surface area contributed by atoms with Crippen molar-refractivity contribution in [3.8, 4) is 0 Å². The second-order valence-corrected chi connectivity index (χ2v) is 3.53. The molecule has 14 heavy (non-hydrogen) atoms. The van der Waals surface area contributed by atoms with Crippen LogP contribution in [-0.4, -0.2) is 37.3 Å². The van der Waals surface area contributed by atoms with Gasteiger partial charge in [-0.1, -0.05) is 30.3 Å².